The van der Waals surface area contributed by atoms with Crippen molar-refractivity contribution in [2.75, 3.05) is 0 Å². The van der Waals surface area contributed by atoms with Crippen LogP contribution in [0.3, 0.4) is 0 Å². The number of halogens is 2. The third-order valence-electron chi connectivity index (χ3n) is 4.67. The SMILES string of the molecule is O=C(NC1CCC(C(=O)OCc2ccccc2)CC1)c1cc(F)cnc1Cl. The average molecular weight is 391 g/mol. The van der Waals surface area contributed by atoms with Gasteiger partial charge in [0.05, 0.1) is 17.7 Å². The summed E-state index contributed by atoms with van der Waals surface area (Å²) in [4.78, 5) is 28.1. The number of nitrogens with zero attached hydrogens (tertiary/aromatic N) is 1. The molecule has 7 heteroatoms. The number of hydrogen-bond acceptors (Lipinski definition) is 4. The van der Waals surface area contributed by atoms with E-state index in [0.29, 0.717) is 25.7 Å². The molecule has 1 amide bonds. The van der Waals surface area contributed by atoms with Gasteiger partial charge in [0.25, 0.3) is 5.91 Å². The van der Waals surface area contributed by atoms with Crippen molar-refractivity contribution in [3.8, 4) is 0 Å². The maximum Gasteiger partial charge on any atom is 0.309 e. The molecule has 142 valence electrons. The van der Waals surface area contributed by atoms with Crippen LogP contribution in [0.2, 0.25) is 5.15 Å². The molecule has 1 aromatic carbocycles. The predicted molar refractivity (Wildman–Crippen MR) is 98.7 cm³/mol. The lowest BCUT2D eigenvalue weighted by atomic mass is 9.86. The number of aromatic nitrogens is 1. The lowest BCUT2D eigenvalue weighted by Gasteiger charge is -2.28. The first kappa shape index (κ1) is 19.3. The van der Waals surface area contributed by atoms with Gasteiger partial charge in [0.15, 0.2) is 0 Å². The van der Waals surface area contributed by atoms with E-state index >= 15 is 0 Å². The van der Waals surface area contributed by atoms with Crippen molar-refractivity contribution in [2.24, 2.45) is 5.92 Å². The van der Waals surface area contributed by atoms with Crippen molar-refractivity contribution in [3.63, 3.8) is 0 Å². The molecule has 1 fully saturated rings. The molecule has 0 saturated heterocycles. The second-order valence-electron chi connectivity index (χ2n) is 6.61. The van der Waals surface area contributed by atoms with Gasteiger partial charge < -0.3 is 10.1 Å². The van der Waals surface area contributed by atoms with Crippen LogP contribution in [0, 0.1) is 11.7 Å². The Morgan fingerprint density at radius 3 is 2.59 bits per heavy atom. The summed E-state index contributed by atoms with van der Waals surface area (Å²) in [5.74, 6) is -1.45. The number of pyridine rings is 1. The van der Waals surface area contributed by atoms with Gasteiger partial charge in [-0.15, -0.1) is 0 Å². The third kappa shape index (κ3) is 5.26. The molecule has 1 aromatic heterocycles. The van der Waals surface area contributed by atoms with E-state index in [1.807, 2.05) is 30.3 Å². The Bertz CT molecular complexity index is 808. The molecule has 0 aliphatic heterocycles. The van der Waals surface area contributed by atoms with Gasteiger partial charge in [-0.05, 0) is 37.3 Å². The number of carbonyl (C=O) groups excluding carboxylic acids is 2. The Hall–Kier alpha value is -2.47. The first-order chi connectivity index (χ1) is 13.0. The minimum atomic E-state index is -0.616. The zero-order chi connectivity index (χ0) is 19.2. The average Bonchev–Trinajstić information content (AvgIpc) is 2.69. The smallest absolute Gasteiger partial charge is 0.309 e. The Kier molecular flexibility index (Phi) is 6.40. The number of rotatable bonds is 5. The summed E-state index contributed by atoms with van der Waals surface area (Å²) in [5.41, 5.74) is 0.966. The van der Waals surface area contributed by atoms with Crippen molar-refractivity contribution in [3.05, 3.63) is 64.7 Å². The Morgan fingerprint density at radius 2 is 1.89 bits per heavy atom. The summed E-state index contributed by atoms with van der Waals surface area (Å²) in [6, 6.07) is 10.5. The summed E-state index contributed by atoms with van der Waals surface area (Å²) in [6.45, 7) is 0.265. The molecule has 1 aliphatic rings. The highest BCUT2D eigenvalue weighted by Gasteiger charge is 2.28. The van der Waals surface area contributed by atoms with Crippen LogP contribution in [-0.4, -0.2) is 22.9 Å². The first-order valence-electron chi connectivity index (χ1n) is 8.85. The van der Waals surface area contributed by atoms with Crippen LogP contribution < -0.4 is 5.32 Å². The largest absolute Gasteiger partial charge is 0.461 e. The molecule has 1 heterocycles. The molecule has 3 rings (SSSR count). The van der Waals surface area contributed by atoms with Crippen LogP contribution in [0.5, 0.6) is 0 Å². The van der Waals surface area contributed by atoms with Crippen molar-refractivity contribution in [2.45, 2.75) is 38.3 Å². The summed E-state index contributed by atoms with van der Waals surface area (Å²) in [6.07, 6.45) is 3.53. The first-order valence-corrected chi connectivity index (χ1v) is 9.23. The van der Waals surface area contributed by atoms with Crippen LogP contribution in [0.25, 0.3) is 0 Å². The molecule has 0 bridgehead atoms. The number of benzene rings is 1. The maximum absolute atomic E-state index is 13.3. The zero-order valence-electron chi connectivity index (χ0n) is 14.7. The van der Waals surface area contributed by atoms with E-state index in [-0.39, 0.29) is 35.3 Å². The summed E-state index contributed by atoms with van der Waals surface area (Å²) < 4.78 is 18.7. The number of nitrogens with one attached hydrogen (secondary N) is 1. The highest BCUT2D eigenvalue weighted by Crippen LogP contribution is 2.26. The molecule has 27 heavy (non-hydrogen) atoms. The van der Waals surface area contributed by atoms with Gasteiger partial charge in [-0.2, -0.15) is 0 Å². The van der Waals surface area contributed by atoms with E-state index in [1.54, 1.807) is 0 Å². The molecule has 1 aliphatic carbocycles. The Morgan fingerprint density at radius 1 is 1.19 bits per heavy atom. The van der Waals surface area contributed by atoms with Gasteiger partial charge in [0.2, 0.25) is 0 Å². The van der Waals surface area contributed by atoms with Crippen LogP contribution in [0.15, 0.2) is 42.6 Å². The van der Waals surface area contributed by atoms with Gasteiger partial charge in [-0.25, -0.2) is 9.37 Å². The van der Waals surface area contributed by atoms with Crippen LogP contribution in [0.4, 0.5) is 4.39 Å². The molecule has 0 radical (unpaired) electrons. The Labute approximate surface area is 161 Å². The van der Waals surface area contributed by atoms with E-state index < -0.39 is 11.7 Å². The quantitative estimate of drug-likeness (QED) is 0.621. The zero-order valence-corrected chi connectivity index (χ0v) is 15.4. The second-order valence-corrected chi connectivity index (χ2v) is 6.97. The number of ether oxygens (including phenoxy) is 1. The topological polar surface area (TPSA) is 68.3 Å². The molecule has 0 atom stereocenters. The molecule has 0 unspecified atom stereocenters. The lowest BCUT2D eigenvalue weighted by Crippen LogP contribution is -2.39. The van der Waals surface area contributed by atoms with E-state index in [2.05, 4.69) is 10.3 Å². The lowest BCUT2D eigenvalue weighted by molar-refractivity contribution is -0.151. The van der Waals surface area contributed by atoms with Gasteiger partial charge in [-0.3, -0.25) is 9.59 Å². The van der Waals surface area contributed by atoms with Gasteiger partial charge in [-0.1, -0.05) is 41.9 Å². The van der Waals surface area contributed by atoms with E-state index in [1.165, 1.54) is 0 Å². The fraction of sp³-hybridized carbons (Fsp3) is 0.350. The minimum Gasteiger partial charge on any atom is -0.461 e. The highest BCUT2D eigenvalue weighted by atomic mass is 35.5. The second kappa shape index (κ2) is 8.95. The molecule has 5 nitrogen and oxygen atoms in total. The maximum atomic E-state index is 13.3. The third-order valence-corrected chi connectivity index (χ3v) is 4.97. The highest BCUT2D eigenvalue weighted by molar-refractivity contribution is 6.32. The van der Waals surface area contributed by atoms with Crippen molar-refractivity contribution >= 4 is 23.5 Å². The van der Waals surface area contributed by atoms with Gasteiger partial charge in [0, 0.05) is 6.04 Å². The minimum absolute atomic E-state index is 0.0149. The van der Waals surface area contributed by atoms with Crippen molar-refractivity contribution in [1.29, 1.82) is 0 Å². The number of hydrogen-bond donors (Lipinski definition) is 1. The van der Waals surface area contributed by atoms with Crippen LogP contribution in [-0.2, 0) is 16.1 Å². The fourth-order valence-electron chi connectivity index (χ4n) is 3.16. The van der Waals surface area contributed by atoms with Crippen molar-refractivity contribution in [1.82, 2.24) is 10.3 Å². The summed E-state index contributed by atoms with van der Waals surface area (Å²) >= 11 is 5.86. The van der Waals surface area contributed by atoms with E-state index in [0.717, 1.165) is 17.8 Å². The number of amides is 1. The number of carbonyl (C=O) groups is 2. The molecule has 1 N–H and O–H groups in total. The molecule has 0 spiro atoms. The number of esters is 1. The normalized spacial score (nSPS) is 19.3. The van der Waals surface area contributed by atoms with Crippen molar-refractivity contribution < 1.29 is 18.7 Å². The van der Waals surface area contributed by atoms with Crippen LogP contribution >= 0.6 is 11.6 Å². The molecule has 2 aromatic rings. The van der Waals surface area contributed by atoms with E-state index in [4.69, 9.17) is 16.3 Å². The fourth-order valence-corrected chi connectivity index (χ4v) is 3.35. The van der Waals surface area contributed by atoms with Crippen LogP contribution in [0.1, 0.15) is 41.6 Å². The monoisotopic (exact) mass is 390 g/mol. The van der Waals surface area contributed by atoms with E-state index in [9.17, 15) is 14.0 Å². The molecular weight excluding hydrogens is 371 g/mol. The predicted octanol–water partition coefficient (Wildman–Crippen LogP) is 3.91. The van der Waals surface area contributed by atoms with Gasteiger partial charge in [0.1, 0.15) is 17.6 Å². The summed E-state index contributed by atoms with van der Waals surface area (Å²) in [7, 11) is 0. The van der Waals surface area contributed by atoms with Gasteiger partial charge >= 0.3 is 5.97 Å². The standard InChI is InChI=1S/C20H20ClFN2O3/c21-18-17(10-15(22)11-23-18)19(25)24-16-8-6-14(7-9-16)20(26)27-12-13-4-2-1-3-5-13/h1-5,10-11,14,16H,6-9,12H2,(H,24,25). The summed E-state index contributed by atoms with van der Waals surface area (Å²) in [5, 5.41) is 2.80. The molecule has 1 saturated carbocycles. The molecular formula is C20H20ClFN2O3. The Balaban J connectivity index is 1.46.